The number of rotatable bonds is 4. The van der Waals surface area contributed by atoms with Crippen LogP contribution in [0.2, 0.25) is 0 Å². The molecule has 0 saturated carbocycles. The Morgan fingerprint density at radius 2 is 1.88 bits per heavy atom. The predicted molar refractivity (Wildman–Crippen MR) is 98.7 cm³/mol. The maximum atomic E-state index is 12.3. The number of hydrogen-bond donors (Lipinski definition) is 0. The zero-order chi connectivity index (χ0) is 16.9. The van der Waals surface area contributed by atoms with Crippen LogP contribution in [0.15, 0.2) is 65.8 Å². The Kier molecular flexibility index (Phi) is 4.90. The summed E-state index contributed by atoms with van der Waals surface area (Å²) in [6, 6.07) is 18.4. The number of nitrogens with zero attached hydrogens (tertiary/aromatic N) is 2. The second-order valence-corrected chi connectivity index (χ2v) is 6.05. The number of hydrogen-bond acceptors (Lipinski definition) is 2. The van der Waals surface area contributed by atoms with Crippen molar-refractivity contribution in [1.29, 1.82) is 0 Å². The molecular formula is C21H22N2O. The smallest absolute Gasteiger partial charge is 0.242 e. The van der Waals surface area contributed by atoms with Crippen LogP contribution in [-0.4, -0.2) is 22.7 Å². The van der Waals surface area contributed by atoms with Gasteiger partial charge >= 0.3 is 0 Å². The van der Waals surface area contributed by atoms with E-state index in [1.54, 1.807) is 5.01 Å². The lowest BCUT2D eigenvalue weighted by atomic mass is 10.0. The summed E-state index contributed by atoms with van der Waals surface area (Å²) in [4.78, 5) is 12.3. The highest BCUT2D eigenvalue weighted by Crippen LogP contribution is 2.23. The lowest BCUT2D eigenvalue weighted by Crippen LogP contribution is -2.30. The lowest BCUT2D eigenvalue weighted by Gasteiger charge is -2.17. The van der Waals surface area contributed by atoms with Gasteiger partial charge in [-0.25, -0.2) is 5.01 Å². The number of carbonyl (C=O) groups is 1. The quantitative estimate of drug-likeness (QED) is 0.821. The molecule has 3 heteroatoms. The molecular weight excluding hydrogens is 296 g/mol. The Bertz CT molecular complexity index is 760. The highest BCUT2D eigenvalue weighted by Gasteiger charge is 2.29. The fourth-order valence-electron chi connectivity index (χ4n) is 2.79. The minimum absolute atomic E-state index is 0.0195. The summed E-state index contributed by atoms with van der Waals surface area (Å²) >= 11 is 0. The molecule has 0 saturated heterocycles. The van der Waals surface area contributed by atoms with Crippen molar-refractivity contribution in [2.24, 2.45) is 5.10 Å². The van der Waals surface area contributed by atoms with E-state index in [2.05, 4.69) is 60.6 Å². The third-order valence-corrected chi connectivity index (χ3v) is 4.20. The number of hydrazone groups is 1. The van der Waals surface area contributed by atoms with Gasteiger partial charge < -0.3 is 0 Å². The van der Waals surface area contributed by atoms with E-state index >= 15 is 0 Å². The number of carbonyl (C=O) groups excluding carboxylic acids is 1. The summed E-state index contributed by atoms with van der Waals surface area (Å²) < 4.78 is 0. The lowest BCUT2D eigenvalue weighted by molar-refractivity contribution is -0.131. The molecule has 3 nitrogen and oxygen atoms in total. The third-order valence-electron chi connectivity index (χ3n) is 4.20. The summed E-state index contributed by atoms with van der Waals surface area (Å²) in [5, 5.41) is 6.24. The Morgan fingerprint density at radius 1 is 1.17 bits per heavy atom. The molecule has 0 radical (unpaired) electrons. The van der Waals surface area contributed by atoms with E-state index in [0.29, 0.717) is 6.42 Å². The van der Waals surface area contributed by atoms with E-state index in [-0.39, 0.29) is 11.9 Å². The molecule has 1 aliphatic heterocycles. The number of aryl methyl sites for hydroxylation is 1. The summed E-state index contributed by atoms with van der Waals surface area (Å²) in [7, 11) is 0. The molecule has 1 unspecified atom stereocenters. The normalized spacial score (nSPS) is 17.3. The highest BCUT2D eigenvalue weighted by molar-refractivity contribution is 6.03. The fourth-order valence-corrected chi connectivity index (χ4v) is 2.79. The molecule has 2 aromatic rings. The molecule has 122 valence electrons. The first-order valence-electron chi connectivity index (χ1n) is 8.37. The van der Waals surface area contributed by atoms with Crippen molar-refractivity contribution in [2.75, 3.05) is 0 Å². The molecule has 24 heavy (non-hydrogen) atoms. The molecule has 0 bridgehead atoms. The van der Waals surface area contributed by atoms with E-state index in [9.17, 15) is 4.79 Å². The molecule has 1 heterocycles. The maximum absolute atomic E-state index is 12.3. The molecule has 0 aliphatic carbocycles. The zero-order valence-electron chi connectivity index (χ0n) is 14.1. The molecule has 0 fully saturated rings. The van der Waals surface area contributed by atoms with Gasteiger partial charge in [-0.1, -0.05) is 79.2 Å². The Balaban J connectivity index is 1.83. The molecule has 2 aromatic carbocycles. The van der Waals surface area contributed by atoms with E-state index in [4.69, 9.17) is 0 Å². The van der Waals surface area contributed by atoms with Crippen LogP contribution in [0.4, 0.5) is 0 Å². The molecule has 0 aromatic heterocycles. The zero-order valence-corrected chi connectivity index (χ0v) is 14.1. The topological polar surface area (TPSA) is 32.7 Å². The van der Waals surface area contributed by atoms with Crippen LogP contribution in [0.3, 0.4) is 0 Å². The molecule has 0 spiro atoms. The summed E-state index contributed by atoms with van der Waals surface area (Å²) in [6.07, 6.45) is 5.35. The van der Waals surface area contributed by atoms with Gasteiger partial charge in [0, 0.05) is 12.8 Å². The minimum Gasteiger partial charge on any atom is -0.273 e. The summed E-state index contributed by atoms with van der Waals surface area (Å²) in [5.41, 5.74) is 4.41. The maximum Gasteiger partial charge on any atom is 0.242 e. The first-order valence-corrected chi connectivity index (χ1v) is 8.37. The predicted octanol–water partition coefficient (Wildman–Crippen LogP) is 4.42. The van der Waals surface area contributed by atoms with Gasteiger partial charge in [0.1, 0.15) is 0 Å². The summed E-state index contributed by atoms with van der Waals surface area (Å²) in [5.74, 6) is 0.0554. The summed E-state index contributed by atoms with van der Waals surface area (Å²) in [6.45, 7) is 3.94. The second-order valence-electron chi connectivity index (χ2n) is 6.05. The van der Waals surface area contributed by atoms with Gasteiger partial charge in [-0.15, -0.1) is 0 Å². The van der Waals surface area contributed by atoms with Crippen molar-refractivity contribution in [3.05, 3.63) is 77.4 Å². The van der Waals surface area contributed by atoms with E-state index < -0.39 is 0 Å². The van der Waals surface area contributed by atoms with E-state index in [0.717, 1.165) is 23.3 Å². The van der Waals surface area contributed by atoms with Crippen LogP contribution < -0.4 is 0 Å². The highest BCUT2D eigenvalue weighted by atomic mass is 16.2. The number of benzene rings is 2. The van der Waals surface area contributed by atoms with Gasteiger partial charge in [0.15, 0.2) is 0 Å². The van der Waals surface area contributed by atoms with Crippen LogP contribution in [0.25, 0.3) is 6.08 Å². The van der Waals surface area contributed by atoms with Crippen molar-refractivity contribution in [1.82, 2.24) is 5.01 Å². The molecule has 0 N–H and O–H groups in total. The average molecular weight is 318 g/mol. The standard InChI is InChI=1S/C21H22N2O/c1-3-21(24)23-19(14-11-17-7-5-4-6-8-17)15-20(22-23)18-12-9-16(2)10-13-18/h4-14,19H,3,15H2,1-2H3/b14-11+. The van der Waals surface area contributed by atoms with E-state index in [1.165, 1.54) is 5.56 Å². The van der Waals surface area contributed by atoms with Crippen LogP contribution in [0, 0.1) is 6.92 Å². The van der Waals surface area contributed by atoms with Crippen molar-refractivity contribution >= 4 is 17.7 Å². The van der Waals surface area contributed by atoms with Gasteiger partial charge in [-0.3, -0.25) is 4.79 Å². The van der Waals surface area contributed by atoms with Gasteiger partial charge in [-0.2, -0.15) is 5.10 Å². The number of amides is 1. The van der Waals surface area contributed by atoms with Gasteiger partial charge in [0.25, 0.3) is 0 Å². The Labute approximate surface area is 143 Å². The average Bonchev–Trinajstić information content (AvgIpc) is 3.05. The van der Waals surface area contributed by atoms with Crippen molar-refractivity contribution in [3.8, 4) is 0 Å². The fraction of sp³-hybridized carbons (Fsp3) is 0.238. The van der Waals surface area contributed by atoms with E-state index in [1.807, 2.05) is 25.1 Å². The monoisotopic (exact) mass is 318 g/mol. The van der Waals surface area contributed by atoms with Crippen molar-refractivity contribution in [2.45, 2.75) is 32.7 Å². The van der Waals surface area contributed by atoms with Gasteiger partial charge in [0.2, 0.25) is 5.91 Å². The minimum atomic E-state index is -0.0195. The molecule has 3 rings (SSSR count). The van der Waals surface area contributed by atoms with Gasteiger partial charge in [-0.05, 0) is 18.1 Å². The van der Waals surface area contributed by atoms with Gasteiger partial charge in [0.05, 0.1) is 11.8 Å². The van der Waals surface area contributed by atoms with Crippen molar-refractivity contribution in [3.63, 3.8) is 0 Å². The Hall–Kier alpha value is -2.68. The largest absolute Gasteiger partial charge is 0.273 e. The third kappa shape index (κ3) is 3.62. The van der Waals surface area contributed by atoms with Crippen LogP contribution in [-0.2, 0) is 4.79 Å². The Morgan fingerprint density at radius 3 is 2.54 bits per heavy atom. The first-order chi connectivity index (χ1) is 11.7. The van der Waals surface area contributed by atoms with Crippen LogP contribution >= 0.6 is 0 Å². The van der Waals surface area contributed by atoms with Crippen molar-refractivity contribution < 1.29 is 4.79 Å². The first kappa shape index (κ1) is 16.2. The molecule has 1 aliphatic rings. The molecule has 1 amide bonds. The van der Waals surface area contributed by atoms with Crippen LogP contribution in [0.5, 0.6) is 0 Å². The van der Waals surface area contributed by atoms with Crippen LogP contribution in [0.1, 0.15) is 36.5 Å². The SMILES string of the molecule is CCC(=O)N1N=C(c2ccc(C)cc2)CC1/C=C/c1ccccc1. The second kappa shape index (κ2) is 7.26. The molecule has 1 atom stereocenters.